The molecule has 0 N–H and O–H groups in total. The molecule has 24 heavy (non-hydrogen) atoms. The van der Waals surface area contributed by atoms with E-state index in [-0.39, 0.29) is 16.5 Å². The molecule has 0 aromatic heterocycles. The van der Waals surface area contributed by atoms with Gasteiger partial charge in [0, 0.05) is 12.6 Å². The summed E-state index contributed by atoms with van der Waals surface area (Å²) in [5, 5.41) is 0. The van der Waals surface area contributed by atoms with Crippen molar-refractivity contribution < 1.29 is 17.9 Å². The van der Waals surface area contributed by atoms with Crippen molar-refractivity contribution in [3.05, 3.63) is 65.7 Å². The van der Waals surface area contributed by atoms with E-state index in [1.54, 1.807) is 12.1 Å². The quantitative estimate of drug-likeness (QED) is 0.755. The lowest BCUT2D eigenvalue weighted by Gasteiger charge is -2.22. The predicted molar refractivity (Wildman–Crippen MR) is 90.0 cm³/mol. The largest absolute Gasteiger partial charge is 0.465 e. The molecular formula is C18H19NO4S. The first kappa shape index (κ1) is 16.7. The molecule has 1 aliphatic rings. The Labute approximate surface area is 141 Å². The maximum Gasteiger partial charge on any atom is 0.337 e. The summed E-state index contributed by atoms with van der Waals surface area (Å²) in [5.74, 6) is -0.548. The Hall–Kier alpha value is -2.18. The number of nitrogens with zero attached hydrogens (tertiary/aromatic N) is 1. The molecule has 5 nitrogen and oxygen atoms in total. The lowest BCUT2D eigenvalue weighted by molar-refractivity contribution is 0.0600. The maximum atomic E-state index is 13.1. The van der Waals surface area contributed by atoms with Crippen molar-refractivity contribution in [3.63, 3.8) is 0 Å². The summed E-state index contributed by atoms with van der Waals surface area (Å²) >= 11 is 0. The van der Waals surface area contributed by atoms with Gasteiger partial charge in [-0.2, -0.15) is 4.31 Å². The number of carbonyl (C=O) groups is 1. The number of rotatable bonds is 6. The molecular weight excluding hydrogens is 326 g/mol. The summed E-state index contributed by atoms with van der Waals surface area (Å²) < 4.78 is 32.3. The molecule has 0 bridgehead atoms. The summed E-state index contributed by atoms with van der Waals surface area (Å²) in [6, 6.07) is 15.5. The monoisotopic (exact) mass is 345 g/mol. The Bertz CT molecular complexity index is 829. The van der Waals surface area contributed by atoms with Crippen molar-refractivity contribution in [1.82, 2.24) is 4.31 Å². The highest BCUT2D eigenvalue weighted by atomic mass is 32.2. The van der Waals surface area contributed by atoms with E-state index in [9.17, 15) is 13.2 Å². The number of benzene rings is 2. The zero-order chi connectivity index (χ0) is 17.2. The molecule has 2 aromatic carbocycles. The molecule has 3 rings (SSSR count). The highest BCUT2D eigenvalue weighted by Crippen LogP contribution is 2.33. The van der Waals surface area contributed by atoms with Gasteiger partial charge in [-0.05, 0) is 36.6 Å². The zero-order valence-electron chi connectivity index (χ0n) is 13.4. The molecule has 0 spiro atoms. The molecule has 126 valence electrons. The summed E-state index contributed by atoms with van der Waals surface area (Å²) in [5.41, 5.74) is 1.17. The molecule has 0 amide bonds. The third kappa shape index (κ3) is 3.49. The van der Waals surface area contributed by atoms with Crippen molar-refractivity contribution in [3.8, 4) is 0 Å². The van der Waals surface area contributed by atoms with Crippen LogP contribution in [0.15, 0.2) is 59.5 Å². The number of carbonyl (C=O) groups excluding carboxylic acids is 1. The van der Waals surface area contributed by atoms with Crippen molar-refractivity contribution >= 4 is 16.0 Å². The van der Waals surface area contributed by atoms with Crippen LogP contribution in [0.3, 0.4) is 0 Å². The number of esters is 1. The van der Waals surface area contributed by atoms with E-state index in [2.05, 4.69) is 4.74 Å². The van der Waals surface area contributed by atoms with Crippen LogP contribution in [-0.2, 0) is 21.3 Å². The minimum absolute atomic E-state index is 0.0250. The number of ether oxygens (including phenoxy) is 1. The van der Waals surface area contributed by atoms with Gasteiger partial charge in [-0.15, -0.1) is 0 Å². The maximum absolute atomic E-state index is 13.1. The second kappa shape index (κ2) is 6.75. The van der Waals surface area contributed by atoms with Gasteiger partial charge in [0.05, 0.1) is 17.6 Å². The summed E-state index contributed by atoms with van der Waals surface area (Å²) in [6.07, 6.45) is 1.73. The lowest BCUT2D eigenvalue weighted by atomic mass is 10.2. The van der Waals surface area contributed by atoms with Gasteiger partial charge in [0.1, 0.15) is 0 Å². The molecule has 0 atom stereocenters. The van der Waals surface area contributed by atoms with Gasteiger partial charge in [-0.1, -0.05) is 36.4 Å². The Kier molecular flexibility index (Phi) is 4.69. The van der Waals surface area contributed by atoms with Gasteiger partial charge in [0.2, 0.25) is 10.0 Å². The van der Waals surface area contributed by atoms with Crippen LogP contribution in [0, 0.1) is 0 Å². The van der Waals surface area contributed by atoms with Crippen LogP contribution in [0.5, 0.6) is 0 Å². The van der Waals surface area contributed by atoms with E-state index in [4.69, 9.17) is 0 Å². The second-order valence-corrected chi connectivity index (χ2v) is 7.68. The lowest BCUT2D eigenvalue weighted by Crippen LogP contribution is -2.32. The summed E-state index contributed by atoms with van der Waals surface area (Å²) in [7, 11) is -2.40. The first-order valence-corrected chi connectivity index (χ1v) is 9.20. The van der Waals surface area contributed by atoms with Gasteiger partial charge in [-0.3, -0.25) is 0 Å². The van der Waals surface area contributed by atoms with Crippen LogP contribution >= 0.6 is 0 Å². The normalized spacial score (nSPS) is 14.6. The van der Waals surface area contributed by atoms with Gasteiger partial charge < -0.3 is 4.74 Å². The zero-order valence-corrected chi connectivity index (χ0v) is 14.2. The van der Waals surface area contributed by atoms with E-state index >= 15 is 0 Å². The van der Waals surface area contributed by atoms with Crippen molar-refractivity contribution in [2.75, 3.05) is 7.11 Å². The van der Waals surface area contributed by atoms with Gasteiger partial charge in [-0.25, -0.2) is 13.2 Å². The molecule has 0 radical (unpaired) electrons. The average Bonchev–Trinajstić information content (AvgIpc) is 3.44. The highest BCUT2D eigenvalue weighted by Gasteiger charge is 2.38. The summed E-state index contributed by atoms with van der Waals surface area (Å²) in [4.78, 5) is 11.8. The third-order valence-electron chi connectivity index (χ3n) is 4.00. The molecule has 1 fully saturated rings. The Morgan fingerprint density at radius 3 is 2.46 bits per heavy atom. The van der Waals surface area contributed by atoms with Gasteiger partial charge in [0.15, 0.2) is 0 Å². The van der Waals surface area contributed by atoms with Crippen LogP contribution < -0.4 is 0 Å². The van der Waals surface area contributed by atoms with E-state index in [1.807, 2.05) is 30.3 Å². The fourth-order valence-electron chi connectivity index (χ4n) is 2.57. The number of hydrogen-bond donors (Lipinski definition) is 0. The van der Waals surface area contributed by atoms with Crippen molar-refractivity contribution in [2.45, 2.75) is 30.3 Å². The van der Waals surface area contributed by atoms with E-state index in [1.165, 1.54) is 23.5 Å². The van der Waals surface area contributed by atoms with Crippen LogP contribution in [-0.4, -0.2) is 31.8 Å². The van der Waals surface area contributed by atoms with Crippen LogP contribution in [0.4, 0.5) is 0 Å². The standard InChI is InChI=1S/C18H19NO4S/c1-23-18(20)15-8-5-9-17(12-15)24(21,22)19(16-10-11-16)13-14-6-3-2-4-7-14/h2-9,12,16H,10-11,13H2,1H3. The Morgan fingerprint density at radius 1 is 1.12 bits per heavy atom. The van der Waals surface area contributed by atoms with Crippen LogP contribution in [0.2, 0.25) is 0 Å². The smallest absolute Gasteiger partial charge is 0.337 e. The third-order valence-corrected chi connectivity index (χ3v) is 5.89. The molecule has 6 heteroatoms. The predicted octanol–water partition coefficient (Wildman–Crippen LogP) is 2.83. The SMILES string of the molecule is COC(=O)c1cccc(S(=O)(=O)N(Cc2ccccc2)C2CC2)c1. The summed E-state index contributed by atoms with van der Waals surface area (Å²) in [6.45, 7) is 0.330. The number of hydrogen-bond acceptors (Lipinski definition) is 4. The first-order valence-electron chi connectivity index (χ1n) is 7.76. The highest BCUT2D eigenvalue weighted by molar-refractivity contribution is 7.89. The van der Waals surface area contributed by atoms with E-state index in [0.717, 1.165) is 18.4 Å². The second-order valence-electron chi connectivity index (χ2n) is 5.79. The first-order chi connectivity index (χ1) is 11.5. The fourth-order valence-corrected chi connectivity index (χ4v) is 4.29. The van der Waals surface area contributed by atoms with Crippen LogP contribution in [0.25, 0.3) is 0 Å². The van der Waals surface area contributed by atoms with Gasteiger partial charge >= 0.3 is 5.97 Å². The van der Waals surface area contributed by atoms with Crippen molar-refractivity contribution in [2.24, 2.45) is 0 Å². The molecule has 0 heterocycles. The fraction of sp³-hybridized carbons (Fsp3) is 0.278. The van der Waals surface area contributed by atoms with E-state index in [0.29, 0.717) is 6.54 Å². The topological polar surface area (TPSA) is 63.7 Å². The molecule has 0 saturated heterocycles. The van der Waals surface area contributed by atoms with Gasteiger partial charge in [0.25, 0.3) is 0 Å². The Morgan fingerprint density at radius 2 is 1.83 bits per heavy atom. The molecule has 2 aromatic rings. The Balaban J connectivity index is 1.93. The molecule has 1 saturated carbocycles. The minimum Gasteiger partial charge on any atom is -0.465 e. The average molecular weight is 345 g/mol. The molecule has 1 aliphatic carbocycles. The van der Waals surface area contributed by atoms with Crippen molar-refractivity contribution in [1.29, 1.82) is 0 Å². The molecule has 0 unspecified atom stereocenters. The number of sulfonamides is 1. The van der Waals surface area contributed by atoms with E-state index < -0.39 is 16.0 Å². The molecule has 0 aliphatic heterocycles. The van der Waals surface area contributed by atoms with Crippen LogP contribution in [0.1, 0.15) is 28.8 Å². The number of methoxy groups -OCH3 is 1. The minimum atomic E-state index is -3.67.